The Morgan fingerprint density at radius 2 is 2.15 bits per heavy atom. The van der Waals surface area contributed by atoms with Gasteiger partial charge in [-0.15, -0.1) is 11.3 Å². The quantitative estimate of drug-likeness (QED) is 0.296. The molecule has 8 nitrogen and oxygen atoms in total. The van der Waals surface area contributed by atoms with E-state index >= 15 is 0 Å². The molecular weight excluding hydrogens is 452 g/mol. The number of imidazole rings is 1. The first kappa shape index (κ1) is 23.7. The SMILES string of the molecule is CCCCNC(=O)N(CCc1csc2nc(-c3cc(OC)ccc3OC)cn12)Cc1ccco1. The average Bonchev–Trinajstić information content (AvgIpc) is 3.59. The monoisotopic (exact) mass is 482 g/mol. The van der Waals surface area contributed by atoms with Crippen molar-refractivity contribution < 1.29 is 18.7 Å². The van der Waals surface area contributed by atoms with Crippen LogP contribution >= 0.6 is 11.3 Å². The van der Waals surface area contributed by atoms with Gasteiger partial charge in [0.2, 0.25) is 0 Å². The van der Waals surface area contributed by atoms with Crippen molar-refractivity contribution in [2.75, 3.05) is 27.3 Å². The van der Waals surface area contributed by atoms with E-state index in [0.717, 1.165) is 52.0 Å². The van der Waals surface area contributed by atoms with Crippen molar-refractivity contribution >= 4 is 22.3 Å². The lowest BCUT2D eigenvalue weighted by Crippen LogP contribution is -2.41. The maximum absolute atomic E-state index is 12.8. The highest BCUT2D eigenvalue weighted by molar-refractivity contribution is 7.15. The number of urea groups is 1. The number of amides is 2. The lowest BCUT2D eigenvalue weighted by molar-refractivity contribution is 0.190. The number of unbranched alkanes of at least 4 members (excludes halogenated alkanes) is 1. The summed E-state index contributed by atoms with van der Waals surface area (Å²) in [6.45, 7) is 3.75. The van der Waals surface area contributed by atoms with Crippen LogP contribution in [0.3, 0.4) is 0 Å². The summed E-state index contributed by atoms with van der Waals surface area (Å²) in [4.78, 5) is 20.3. The lowest BCUT2D eigenvalue weighted by atomic mass is 10.1. The molecule has 0 bridgehead atoms. The maximum Gasteiger partial charge on any atom is 0.317 e. The zero-order valence-electron chi connectivity index (χ0n) is 19.7. The third kappa shape index (κ3) is 5.36. The summed E-state index contributed by atoms with van der Waals surface area (Å²) in [5.41, 5.74) is 2.78. The first-order valence-corrected chi connectivity index (χ1v) is 12.2. The van der Waals surface area contributed by atoms with E-state index in [2.05, 4.69) is 22.0 Å². The Morgan fingerprint density at radius 3 is 2.88 bits per heavy atom. The number of nitrogens with zero attached hydrogens (tertiary/aromatic N) is 3. The van der Waals surface area contributed by atoms with Crippen LogP contribution in [0.15, 0.2) is 52.6 Å². The number of nitrogens with one attached hydrogen (secondary N) is 1. The van der Waals surface area contributed by atoms with E-state index < -0.39 is 0 Å². The van der Waals surface area contributed by atoms with Gasteiger partial charge in [0, 0.05) is 42.3 Å². The highest BCUT2D eigenvalue weighted by atomic mass is 32.1. The summed E-state index contributed by atoms with van der Waals surface area (Å²) in [6, 6.07) is 9.32. The summed E-state index contributed by atoms with van der Waals surface area (Å²) < 4.78 is 18.5. The second-order valence-electron chi connectivity index (χ2n) is 7.91. The van der Waals surface area contributed by atoms with Crippen molar-refractivity contribution in [3.8, 4) is 22.8 Å². The summed E-state index contributed by atoms with van der Waals surface area (Å²) in [6.07, 6.45) is 6.32. The molecular formula is C25H30N4O4S. The zero-order valence-corrected chi connectivity index (χ0v) is 20.6. The van der Waals surface area contributed by atoms with Gasteiger partial charge < -0.3 is 24.1 Å². The molecule has 0 aliphatic carbocycles. The summed E-state index contributed by atoms with van der Waals surface area (Å²) in [5, 5.41) is 5.11. The zero-order chi connectivity index (χ0) is 23.9. The minimum Gasteiger partial charge on any atom is -0.497 e. The van der Waals surface area contributed by atoms with E-state index in [1.165, 1.54) is 0 Å². The molecule has 1 N–H and O–H groups in total. The van der Waals surface area contributed by atoms with Crippen LogP contribution in [0.2, 0.25) is 0 Å². The van der Waals surface area contributed by atoms with Crippen LogP contribution in [-0.2, 0) is 13.0 Å². The molecule has 0 radical (unpaired) electrons. The fourth-order valence-corrected chi connectivity index (χ4v) is 4.64. The number of ether oxygens (including phenoxy) is 2. The fourth-order valence-electron chi connectivity index (χ4n) is 3.73. The number of carbonyl (C=O) groups excluding carboxylic acids is 1. The molecule has 0 fully saturated rings. The van der Waals surface area contributed by atoms with Gasteiger partial charge in [0.15, 0.2) is 4.96 Å². The maximum atomic E-state index is 12.8. The van der Waals surface area contributed by atoms with Crippen LogP contribution in [0.25, 0.3) is 16.2 Å². The number of benzene rings is 1. The molecule has 0 atom stereocenters. The van der Waals surface area contributed by atoms with Crippen LogP contribution in [0.1, 0.15) is 31.2 Å². The normalized spacial score (nSPS) is 11.0. The molecule has 0 unspecified atom stereocenters. The molecule has 0 aliphatic heterocycles. The molecule has 4 rings (SSSR count). The molecule has 34 heavy (non-hydrogen) atoms. The third-order valence-electron chi connectivity index (χ3n) is 5.62. The van der Waals surface area contributed by atoms with Crippen LogP contribution in [0.5, 0.6) is 11.5 Å². The van der Waals surface area contributed by atoms with Gasteiger partial charge in [-0.1, -0.05) is 13.3 Å². The number of hydrogen-bond donors (Lipinski definition) is 1. The van der Waals surface area contributed by atoms with Gasteiger partial charge >= 0.3 is 6.03 Å². The molecule has 1 aromatic carbocycles. The molecule has 3 aromatic heterocycles. The Kier molecular flexibility index (Phi) is 7.74. The highest BCUT2D eigenvalue weighted by Crippen LogP contribution is 2.34. The number of hydrogen-bond acceptors (Lipinski definition) is 6. The minimum absolute atomic E-state index is 0.0799. The summed E-state index contributed by atoms with van der Waals surface area (Å²) in [7, 11) is 3.29. The number of fused-ring (bicyclic) bond motifs is 1. The summed E-state index contributed by atoms with van der Waals surface area (Å²) >= 11 is 1.58. The number of thiazole rings is 1. The van der Waals surface area contributed by atoms with Crippen molar-refractivity contribution in [1.82, 2.24) is 19.6 Å². The topological polar surface area (TPSA) is 81.2 Å². The van der Waals surface area contributed by atoms with E-state index in [1.807, 2.05) is 36.5 Å². The predicted molar refractivity (Wildman–Crippen MR) is 133 cm³/mol. The Labute approximate surface area is 203 Å². The van der Waals surface area contributed by atoms with Gasteiger partial charge in [-0.25, -0.2) is 9.78 Å². The van der Waals surface area contributed by atoms with Crippen LogP contribution in [0, 0.1) is 0 Å². The number of carbonyl (C=O) groups is 1. The second-order valence-corrected chi connectivity index (χ2v) is 8.74. The van der Waals surface area contributed by atoms with Crippen molar-refractivity contribution in [2.45, 2.75) is 32.7 Å². The molecule has 4 aromatic rings. The van der Waals surface area contributed by atoms with Crippen LogP contribution in [0.4, 0.5) is 4.79 Å². The third-order valence-corrected chi connectivity index (χ3v) is 6.51. The Bertz CT molecular complexity index is 1220. The van der Waals surface area contributed by atoms with Crippen LogP contribution < -0.4 is 14.8 Å². The Balaban J connectivity index is 1.53. The molecule has 0 spiro atoms. The summed E-state index contributed by atoms with van der Waals surface area (Å²) in [5.74, 6) is 2.24. The van der Waals surface area contributed by atoms with Crippen molar-refractivity contribution in [2.24, 2.45) is 0 Å². The molecule has 9 heteroatoms. The standard InChI is InChI=1S/C25H30N4O4S/c1-4-5-11-26-24(30)28(15-20-7-6-13-33-20)12-10-18-17-34-25-27-22(16-29(18)25)21-14-19(31-2)8-9-23(21)32-3/h6-9,13-14,16-17H,4-5,10-12,15H2,1-3H3,(H,26,30). The van der Waals surface area contributed by atoms with Gasteiger partial charge in [-0.05, 0) is 36.8 Å². The van der Waals surface area contributed by atoms with Gasteiger partial charge in [0.05, 0.1) is 32.7 Å². The largest absolute Gasteiger partial charge is 0.497 e. The number of rotatable bonds is 11. The second kappa shape index (κ2) is 11.1. The first-order chi connectivity index (χ1) is 16.6. The van der Waals surface area contributed by atoms with E-state index in [1.54, 1.807) is 36.7 Å². The minimum atomic E-state index is -0.0799. The number of furan rings is 1. The first-order valence-electron chi connectivity index (χ1n) is 11.4. The predicted octanol–water partition coefficient (Wildman–Crippen LogP) is 5.23. The highest BCUT2D eigenvalue weighted by Gasteiger charge is 2.18. The number of aromatic nitrogens is 2. The fraction of sp³-hybridized carbons (Fsp3) is 0.360. The van der Waals surface area contributed by atoms with E-state index in [-0.39, 0.29) is 6.03 Å². The van der Waals surface area contributed by atoms with Gasteiger partial charge in [-0.3, -0.25) is 4.40 Å². The average molecular weight is 483 g/mol. The number of methoxy groups -OCH3 is 2. The Morgan fingerprint density at radius 1 is 1.26 bits per heavy atom. The molecule has 0 saturated carbocycles. The van der Waals surface area contributed by atoms with Gasteiger partial charge in [0.25, 0.3) is 0 Å². The van der Waals surface area contributed by atoms with E-state index in [9.17, 15) is 4.79 Å². The van der Waals surface area contributed by atoms with Gasteiger partial charge in [-0.2, -0.15) is 0 Å². The van der Waals surface area contributed by atoms with E-state index in [4.69, 9.17) is 18.9 Å². The smallest absolute Gasteiger partial charge is 0.317 e. The van der Waals surface area contributed by atoms with Crippen molar-refractivity contribution in [3.05, 3.63) is 59.6 Å². The van der Waals surface area contributed by atoms with Crippen molar-refractivity contribution in [1.29, 1.82) is 0 Å². The van der Waals surface area contributed by atoms with E-state index in [0.29, 0.717) is 26.1 Å². The van der Waals surface area contributed by atoms with Crippen LogP contribution in [-0.4, -0.2) is 47.6 Å². The molecule has 0 saturated heterocycles. The Hall–Kier alpha value is -3.46. The van der Waals surface area contributed by atoms with Crippen molar-refractivity contribution in [3.63, 3.8) is 0 Å². The molecule has 3 heterocycles. The van der Waals surface area contributed by atoms with Gasteiger partial charge in [0.1, 0.15) is 17.3 Å². The molecule has 0 aliphatic rings. The molecule has 2 amide bonds. The molecule has 180 valence electrons. The lowest BCUT2D eigenvalue weighted by Gasteiger charge is -2.22.